The zero-order valence-electron chi connectivity index (χ0n) is 14.0. The fourth-order valence-electron chi connectivity index (χ4n) is 2.59. The van der Waals surface area contributed by atoms with Gasteiger partial charge in [-0.15, -0.1) is 0 Å². The average Bonchev–Trinajstić information content (AvgIpc) is 3.17. The van der Waals surface area contributed by atoms with Crippen LogP contribution < -0.4 is 4.74 Å². The molecule has 0 aliphatic carbocycles. The summed E-state index contributed by atoms with van der Waals surface area (Å²) in [7, 11) is 0. The minimum Gasteiger partial charge on any atom is -0.424 e. The van der Waals surface area contributed by atoms with Crippen molar-refractivity contribution in [1.82, 2.24) is 25.1 Å². The molecule has 6 nitrogen and oxygen atoms in total. The van der Waals surface area contributed by atoms with Gasteiger partial charge in [-0.2, -0.15) is 5.10 Å². The van der Waals surface area contributed by atoms with Gasteiger partial charge in [-0.3, -0.25) is 5.10 Å². The number of H-pyrrole nitrogens is 1. The molecule has 4 aromatic rings. The monoisotopic (exact) mass is 343 g/mol. The van der Waals surface area contributed by atoms with Crippen LogP contribution in [0, 0.1) is 0 Å². The van der Waals surface area contributed by atoms with Crippen LogP contribution in [0.2, 0.25) is 0 Å². The lowest BCUT2D eigenvalue weighted by molar-refractivity contribution is 0.442. The van der Waals surface area contributed by atoms with E-state index in [1.165, 1.54) is 5.56 Å². The van der Waals surface area contributed by atoms with Gasteiger partial charge >= 0.3 is 6.01 Å². The first-order valence-electron chi connectivity index (χ1n) is 8.37. The molecule has 0 fully saturated rings. The molecule has 0 unspecified atom stereocenters. The minimum absolute atomic E-state index is 0.309. The van der Waals surface area contributed by atoms with Gasteiger partial charge in [-0.05, 0) is 30.2 Å². The Labute approximate surface area is 151 Å². The van der Waals surface area contributed by atoms with Gasteiger partial charge in [0, 0.05) is 24.4 Å². The molecule has 4 rings (SSSR count). The Hall–Kier alpha value is -3.54. The first-order chi connectivity index (χ1) is 12.9. The van der Waals surface area contributed by atoms with E-state index in [2.05, 4.69) is 37.3 Å². The van der Waals surface area contributed by atoms with E-state index in [1.807, 2.05) is 42.5 Å². The predicted molar refractivity (Wildman–Crippen MR) is 97.8 cm³/mol. The van der Waals surface area contributed by atoms with Gasteiger partial charge in [-0.25, -0.2) is 15.0 Å². The molecular weight excluding hydrogens is 326 g/mol. The Balaban J connectivity index is 1.46. The summed E-state index contributed by atoms with van der Waals surface area (Å²) in [5.74, 6) is 2.15. The molecule has 128 valence electrons. The van der Waals surface area contributed by atoms with Crippen molar-refractivity contribution in [3.8, 4) is 23.1 Å². The second-order valence-electron chi connectivity index (χ2n) is 5.75. The third kappa shape index (κ3) is 3.92. The van der Waals surface area contributed by atoms with Crippen LogP contribution in [0.15, 0.2) is 73.1 Å². The normalized spacial score (nSPS) is 10.6. The number of nitrogens with zero attached hydrogens (tertiary/aromatic N) is 4. The number of ether oxygens (including phenoxy) is 1. The highest BCUT2D eigenvalue weighted by Crippen LogP contribution is 2.23. The standard InChI is InChI=1S/C20H17N5O/c1-2-6-15(7-3-1)10-11-18-23-19(25-24-18)16-8-4-9-17(14-16)26-20-21-12-5-13-22-20/h1-9,12-14H,10-11H2,(H,23,24,25). The topological polar surface area (TPSA) is 76.6 Å². The van der Waals surface area contributed by atoms with Crippen LogP contribution in [0.1, 0.15) is 11.4 Å². The van der Waals surface area contributed by atoms with Gasteiger partial charge in [0.05, 0.1) is 0 Å². The van der Waals surface area contributed by atoms with Crippen molar-refractivity contribution < 1.29 is 4.74 Å². The maximum Gasteiger partial charge on any atom is 0.321 e. The fourth-order valence-corrected chi connectivity index (χ4v) is 2.59. The van der Waals surface area contributed by atoms with Gasteiger partial charge in [0.25, 0.3) is 0 Å². The second kappa shape index (κ2) is 7.57. The van der Waals surface area contributed by atoms with Crippen LogP contribution >= 0.6 is 0 Å². The summed E-state index contributed by atoms with van der Waals surface area (Å²) < 4.78 is 5.66. The lowest BCUT2D eigenvalue weighted by atomic mass is 10.1. The van der Waals surface area contributed by atoms with Crippen molar-refractivity contribution in [2.24, 2.45) is 0 Å². The quantitative estimate of drug-likeness (QED) is 0.575. The second-order valence-corrected chi connectivity index (χ2v) is 5.75. The van der Waals surface area contributed by atoms with Crippen molar-refractivity contribution in [2.75, 3.05) is 0 Å². The number of aryl methyl sites for hydroxylation is 2. The van der Waals surface area contributed by atoms with Crippen LogP contribution in [-0.4, -0.2) is 25.1 Å². The molecule has 6 heteroatoms. The molecule has 26 heavy (non-hydrogen) atoms. The first kappa shape index (κ1) is 16.0. The van der Waals surface area contributed by atoms with Gasteiger partial charge in [0.1, 0.15) is 11.6 Å². The van der Waals surface area contributed by atoms with E-state index in [1.54, 1.807) is 18.5 Å². The highest BCUT2D eigenvalue weighted by Gasteiger charge is 2.08. The number of benzene rings is 2. The highest BCUT2D eigenvalue weighted by molar-refractivity contribution is 5.57. The van der Waals surface area contributed by atoms with E-state index < -0.39 is 0 Å². The molecule has 0 atom stereocenters. The average molecular weight is 343 g/mol. The molecule has 0 bridgehead atoms. The van der Waals surface area contributed by atoms with Gasteiger partial charge < -0.3 is 4.74 Å². The Bertz CT molecular complexity index is 970. The van der Waals surface area contributed by atoms with Crippen molar-refractivity contribution in [2.45, 2.75) is 12.8 Å². The Morgan fingerprint density at radius 2 is 1.69 bits per heavy atom. The fraction of sp³-hybridized carbons (Fsp3) is 0.100. The number of rotatable bonds is 6. The summed E-state index contributed by atoms with van der Waals surface area (Å²) in [6.07, 6.45) is 5.01. The summed E-state index contributed by atoms with van der Waals surface area (Å²) in [5, 5.41) is 7.34. The molecule has 0 radical (unpaired) electrons. The molecule has 0 spiro atoms. The zero-order valence-corrected chi connectivity index (χ0v) is 14.0. The summed E-state index contributed by atoms with van der Waals surface area (Å²) in [4.78, 5) is 12.7. The van der Waals surface area contributed by atoms with Crippen LogP contribution in [-0.2, 0) is 12.8 Å². The Kier molecular flexibility index (Phi) is 4.64. The minimum atomic E-state index is 0.309. The predicted octanol–water partition coefficient (Wildman–Crippen LogP) is 3.84. The lowest BCUT2D eigenvalue weighted by Crippen LogP contribution is -1.93. The van der Waals surface area contributed by atoms with Crippen molar-refractivity contribution >= 4 is 0 Å². The summed E-state index contributed by atoms with van der Waals surface area (Å²) in [6.45, 7) is 0. The van der Waals surface area contributed by atoms with Crippen molar-refractivity contribution in [1.29, 1.82) is 0 Å². The molecule has 0 amide bonds. The summed E-state index contributed by atoms with van der Waals surface area (Å²) in [5.41, 5.74) is 2.16. The molecular formula is C20H17N5O. The number of aromatic amines is 1. The van der Waals surface area contributed by atoms with E-state index >= 15 is 0 Å². The lowest BCUT2D eigenvalue weighted by Gasteiger charge is -2.04. The van der Waals surface area contributed by atoms with E-state index in [4.69, 9.17) is 4.74 Å². The Morgan fingerprint density at radius 3 is 2.54 bits per heavy atom. The molecule has 2 aromatic heterocycles. The van der Waals surface area contributed by atoms with E-state index in [0.29, 0.717) is 17.6 Å². The molecule has 0 aliphatic rings. The van der Waals surface area contributed by atoms with E-state index in [-0.39, 0.29) is 0 Å². The van der Waals surface area contributed by atoms with Crippen LogP contribution in [0.5, 0.6) is 11.8 Å². The summed E-state index contributed by atoms with van der Waals surface area (Å²) >= 11 is 0. The molecule has 0 aliphatic heterocycles. The molecule has 1 N–H and O–H groups in total. The van der Waals surface area contributed by atoms with Crippen LogP contribution in [0.4, 0.5) is 0 Å². The van der Waals surface area contributed by atoms with Gasteiger partial charge in [0.15, 0.2) is 5.82 Å². The van der Waals surface area contributed by atoms with E-state index in [0.717, 1.165) is 24.2 Å². The van der Waals surface area contributed by atoms with Crippen LogP contribution in [0.25, 0.3) is 11.4 Å². The number of nitrogens with one attached hydrogen (secondary N) is 1. The SMILES string of the molecule is c1ccc(CCc2nc(-c3cccc(Oc4ncccn4)c3)n[nH]2)cc1. The summed E-state index contributed by atoms with van der Waals surface area (Å²) in [6, 6.07) is 20.0. The number of hydrogen-bond acceptors (Lipinski definition) is 5. The Morgan fingerprint density at radius 1 is 0.846 bits per heavy atom. The zero-order chi connectivity index (χ0) is 17.6. The molecule has 0 saturated heterocycles. The van der Waals surface area contributed by atoms with Crippen molar-refractivity contribution in [3.63, 3.8) is 0 Å². The molecule has 2 aromatic carbocycles. The van der Waals surface area contributed by atoms with Crippen molar-refractivity contribution in [3.05, 3.63) is 84.4 Å². The maximum atomic E-state index is 5.66. The highest BCUT2D eigenvalue weighted by atomic mass is 16.5. The number of hydrogen-bond donors (Lipinski definition) is 1. The van der Waals surface area contributed by atoms with Gasteiger partial charge in [0.2, 0.25) is 0 Å². The molecule has 0 saturated carbocycles. The number of aromatic nitrogens is 5. The first-order valence-corrected chi connectivity index (χ1v) is 8.37. The smallest absolute Gasteiger partial charge is 0.321 e. The maximum absolute atomic E-state index is 5.66. The van der Waals surface area contributed by atoms with E-state index in [9.17, 15) is 0 Å². The molecule has 2 heterocycles. The van der Waals surface area contributed by atoms with Crippen LogP contribution in [0.3, 0.4) is 0 Å². The third-order valence-electron chi connectivity index (χ3n) is 3.87. The van der Waals surface area contributed by atoms with Gasteiger partial charge in [-0.1, -0.05) is 42.5 Å². The third-order valence-corrected chi connectivity index (χ3v) is 3.87. The largest absolute Gasteiger partial charge is 0.424 e.